The molecule has 3 aromatic carbocycles. The van der Waals surface area contributed by atoms with Gasteiger partial charge in [-0.05, 0) is 46.5 Å². The molecule has 0 saturated heterocycles. The Bertz CT molecular complexity index is 617. The molecule has 0 N–H and O–H groups in total. The van der Waals surface area contributed by atoms with E-state index in [1.807, 2.05) is 41.5 Å². The third-order valence-electron chi connectivity index (χ3n) is 3.30. The van der Waals surface area contributed by atoms with Gasteiger partial charge in [-0.1, -0.05) is 90.1 Å². The molecule has 0 heterocycles. The molecule has 0 aliphatic carbocycles. The Balaban J connectivity index is 0.000000661. The van der Waals surface area contributed by atoms with Crippen molar-refractivity contribution in [3.63, 3.8) is 0 Å². The quantitative estimate of drug-likeness (QED) is 0.373. The molecule has 120 valence electrons. The normalized spacial score (nSPS) is 8.91. The van der Waals surface area contributed by atoms with E-state index in [1.165, 1.54) is 32.7 Å². The van der Waals surface area contributed by atoms with Crippen molar-refractivity contribution < 1.29 is 0 Å². The molecule has 0 aliphatic rings. The summed E-state index contributed by atoms with van der Waals surface area (Å²) in [4.78, 5) is 0. The monoisotopic (exact) mass is 296 g/mol. The number of hydrogen-bond acceptors (Lipinski definition) is 0. The van der Waals surface area contributed by atoms with Crippen molar-refractivity contribution in [3.05, 3.63) is 59.7 Å². The minimum Gasteiger partial charge on any atom is -0.0683 e. The van der Waals surface area contributed by atoms with E-state index >= 15 is 0 Å². The molecule has 0 heteroatoms. The molecule has 0 unspecified atom stereocenters. The van der Waals surface area contributed by atoms with E-state index in [4.69, 9.17) is 0 Å². The van der Waals surface area contributed by atoms with E-state index in [2.05, 4.69) is 62.4 Å². The van der Waals surface area contributed by atoms with Gasteiger partial charge in [-0.15, -0.1) is 0 Å². The first-order valence-electron chi connectivity index (χ1n) is 8.65. The first-order chi connectivity index (χ1) is 10.8. The second kappa shape index (κ2) is 10.8. The third kappa shape index (κ3) is 4.34. The largest absolute Gasteiger partial charge is 0.0683 e. The van der Waals surface area contributed by atoms with Crippen molar-refractivity contribution in [2.45, 2.75) is 55.4 Å². The second-order valence-corrected chi connectivity index (χ2v) is 4.41. The molecule has 0 spiro atoms. The van der Waals surface area contributed by atoms with Gasteiger partial charge in [0, 0.05) is 0 Å². The lowest BCUT2D eigenvalue weighted by Crippen LogP contribution is -1.84. The van der Waals surface area contributed by atoms with E-state index in [0.717, 1.165) is 0 Å². The topological polar surface area (TPSA) is 0 Å². The first kappa shape index (κ1) is 20.2. The Hall–Kier alpha value is -1.82. The summed E-state index contributed by atoms with van der Waals surface area (Å²) < 4.78 is 0. The Labute approximate surface area is 137 Å². The van der Waals surface area contributed by atoms with Crippen LogP contribution in [0.3, 0.4) is 0 Å². The SMILES string of the molecule is CC.CC.CC.Cc1cccc2ccc3cccc(C)c3c12. The maximum Gasteiger partial charge on any atom is -0.00735 e. The fourth-order valence-electron chi connectivity index (χ4n) is 2.52. The lowest BCUT2D eigenvalue weighted by Gasteiger charge is -2.09. The van der Waals surface area contributed by atoms with Gasteiger partial charge in [-0.2, -0.15) is 0 Å². The van der Waals surface area contributed by atoms with Crippen LogP contribution in [0.2, 0.25) is 0 Å². The van der Waals surface area contributed by atoms with Crippen LogP contribution in [0.4, 0.5) is 0 Å². The van der Waals surface area contributed by atoms with Crippen LogP contribution in [0.25, 0.3) is 21.5 Å². The minimum atomic E-state index is 1.34. The number of fused-ring (bicyclic) bond motifs is 3. The highest BCUT2D eigenvalue weighted by atomic mass is 14.1. The molecule has 0 fully saturated rings. The molecule has 0 aromatic heterocycles. The maximum atomic E-state index is 2.21. The van der Waals surface area contributed by atoms with E-state index in [-0.39, 0.29) is 0 Å². The molecule has 0 amide bonds. The van der Waals surface area contributed by atoms with Gasteiger partial charge in [0.1, 0.15) is 0 Å². The van der Waals surface area contributed by atoms with Gasteiger partial charge < -0.3 is 0 Å². The zero-order valence-electron chi connectivity index (χ0n) is 15.6. The zero-order chi connectivity index (χ0) is 17.1. The summed E-state index contributed by atoms with van der Waals surface area (Å²) in [6.45, 7) is 16.4. The highest BCUT2D eigenvalue weighted by Crippen LogP contribution is 2.30. The van der Waals surface area contributed by atoms with Crippen LogP contribution in [0.5, 0.6) is 0 Å². The Morgan fingerprint density at radius 1 is 0.455 bits per heavy atom. The molecule has 22 heavy (non-hydrogen) atoms. The predicted octanol–water partition coefficient (Wildman–Crippen LogP) is 7.69. The van der Waals surface area contributed by atoms with Crippen LogP contribution in [0.1, 0.15) is 52.7 Å². The highest BCUT2D eigenvalue weighted by molar-refractivity contribution is 6.10. The van der Waals surface area contributed by atoms with Crippen LogP contribution in [-0.4, -0.2) is 0 Å². The molecular weight excluding hydrogens is 264 g/mol. The number of rotatable bonds is 0. The summed E-state index contributed by atoms with van der Waals surface area (Å²) in [6, 6.07) is 17.4. The Kier molecular flexibility index (Phi) is 9.95. The minimum absolute atomic E-state index is 1.34. The number of aryl methyl sites for hydroxylation is 2. The zero-order valence-corrected chi connectivity index (χ0v) is 15.6. The van der Waals surface area contributed by atoms with Crippen molar-refractivity contribution in [2.75, 3.05) is 0 Å². The van der Waals surface area contributed by atoms with Gasteiger partial charge in [0.05, 0.1) is 0 Å². The van der Waals surface area contributed by atoms with Crippen molar-refractivity contribution in [1.29, 1.82) is 0 Å². The van der Waals surface area contributed by atoms with Crippen LogP contribution >= 0.6 is 0 Å². The molecular formula is C22H32. The average Bonchev–Trinajstić information content (AvgIpc) is 2.60. The van der Waals surface area contributed by atoms with E-state index in [0.29, 0.717) is 0 Å². The molecule has 3 aromatic rings. The molecule has 0 bridgehead atoms. The summed E-state index contributed by atoms with van der Waals surface area (Å²) in [6.07, 6.45) is 0. The summed E-state index contributed by atoms with van der Waals surface area (Å²) in [7, 11) is 0. The highest BCUT2D eigenvalue weighted by Gasteiger charge is 2.04. The standard InChI is InChI=1S/C16H14.3C2H6/c1-11-5-3-7-13-9-10-14-8-4-6-12(2)16(14)15(11)13;3*1-2/h3-10H,1-2H3;3*1-2H3. The third-order valence-corrected chi connectivity index (χ3v) is 3.30. The smallest absolute Gasteiger partial charge is 0.00735 e. The van der Waals surface area contributed by atoms with Crippen LogP contribution in [0, 0.1) is 13.8 Å². The van der Waals surface area contributed by atoms with Crippen molar-refractivity contribution in [1.82, 2.24) is 0 Å². The fourth-order valence-corrected chi connectivity index (χ4v) is 2.52. The van der Waals surface area contributed by atoms with E-state index in [1.54, 1.807) is 0 Å². The van der Waals surface area contributed by atoms with Gasteiger partial charge in [0.25, 0.3) is 0 Å². The molecule has 0 atom stereocenters. The average molecular weight is 296 g/mol. The van der Waals surface area contributed by atoms with Gasteiger partial charge in [0.2, 0.25) is 0 Å². The van der Waals surface area contributed by atoms with Crippen LogP contribution in [0.15, 0.2) is 48.5 Å². The molecule has 0 aliphatic heterocycles. The fraction of sp³-hybridized carbons (Fsp3) is 0.364. The van der Waals surface area contributed by atoms with Crippen molar-refractivity contribution in [3.8, 4) is 0 Å². The van der Waals surface area contributed by atoms with Crippen LogP contribution < -0.4 is 0 Å². The molecule has 0 saturated carbocycles. The van der Waals surface area contributed by atoms with Crippen LogP contribution in [-0.2, 0) is 0 Å². The molecule has 0 radical (unpaired) electrons. The summed E-state index contributed by atoms with van der Waals surface area (Å²) in [5.74, 6) is 0. The van der Waals surface area contributed by atoms with Gasteiger partial charge in [-0.25, -0.2) is 0 Å². The Morgan fingerprint density at radius 3 is 1.09 bits per heavy atom. The number of benzene rings is 3. The lowest BCUT2D eigenvalue weighted by atomic mass is 9.95. The van der Waals surface area contributed by atoms with Gasteiger partial charge in [0.15, 0.2) is 0 Å². The predicted molar refractivity (Wildman–Crippen MR) is 105 cm³/mol. The van der Waals surface area contributed by atoms with Gasteiger partial charge >= 0.3 is 0 Å². The van der Waals surface area contributed by atoms with Crippen molar-refractivity contribution in [2.24, 2.45) is 0 Å². The van der Waals surface area contributed by atoms with E-state index < -0.39 is 0 Å². The first-order valence-corrected chi connectivity index (χ1v) is 8.65. The number of hydrogen-bond donors (Lipinski definition) is 0. The molecule has 3 rings (SSSR count). The molecule has 0 nitrogen and oxygen atoms in total. The van der Waals surface area contributed by atoms with Crippen molar-refractivity contribution >= 4 is 21.5 Å². The Morgan fingerprint density at radius 2 is 0.773 bits per heavy atom. The van der Waals surface area contributed by atoms with E-state index in [9.17, 15) is 0 Å². The summed E-state index contributed by atoms with van der Waals surface area (Å²) in [5.41, 5.74) is 2.72. The lowest BCUT2D eigenvalue weighted by molar-refractivity contribution is 1.50. The summed E-state index contributed by atoms with van der Waals surface area (Å²) in [5, 5.41) is 5.47. The maximum absolute atomic E-state index is 2.21. The summed E-state index contributed by atoms with van der Waals surface area (Å²) >= 11 is 0. The second-order valence-electron chi connectivity index (χ2n) is 4.41. The van der Waals surface area contributed by atoms with Gasteiger partial charge in [-0.3, -0.25) is 0 Å².